The van der Waals surface area contributed by atoms with E-state index in [1.54, 1.807) is 14.2 Å². The number of hydrogen-bond acceptors (Lipinski definition) is 4. The highest BCUT2D eigenvalue weighted by molar-refractivity contribution is 5.46. The first kappa shape index (κ1) is 18.7. The molecule has 3 atom stereocenters. The minimum atomic E-state index is -0.142. The Hall–Kier alpha value is -1.10. The molecule has 1 heterocycles. The van der Waals surface area contributed by atoms with Crippen molar-refractivity contribution in [2.24, 2.45) is 11.3 Å². The predicted octanol–water partition coefficient (Wildman–Crippen LogP) is 4.26. The molecular weight excluding hydrogens is 316 g/mol. The van der Waals surface area contributed by atoms with Crippen LogP contribution in [0.5, 0.6) is 5.75 Å². The normalized spacial score (nSPS) is 30.3. The smallest absolute Gasteiger partial charge is 0.146 e. The van der Waals surface area contributed by atoms with E-state index in [2.05, 4.69) is 39.8 Å². The van der Waals surface area contributed by atoms with Crippen molar-refractivity contribution in [1.29, 1.82) is 0 Å². The van der Waals surface area contributed by atoms with Crippen LogP contribution in [-0.2, 0) is 27.2 Å². The van der Waals surface area contributed by atoms with Gasteiger partial charge in [0.25, 0.3) is 0 Å². The zero-order valence-corrected chi connectivity index (χ0v) is 16.5. The van der Waals surface area contributed by atoms with E-state index in [9.17, 15) is 0 Å². The molecule has 4 heteroatoms. The van der Waals surface area contributed by atoms with E-state index in [1.165, 1.54) is 16.7 Å². The molecule has 0 amide bonds. The Morgan fingerprint density at radius 1 is 1.16 bits per heavy atom. The van der Waals surface area contributed by atoms with Gasteiger partial charge in [0.1, 0.15) is 18.1 Å². The first-order valence-corrected chi connectivity index (χ1v) is 9.22. The van der Waals surface area contributed by atoms with E-state index in [4.69, 9.17) is 18.9 Å². The number of rotatable bonds is 5. The van der Waals surface area contributed by atoms with E-state index in [0.29, 0.717) is 19.3 Å². The SMILES string of the molecule is COCO[C@@H]1CC[C@@]2(C)Oc3c(C)cc(COC)cc3C[C@@H]2C1(C)C. The maximum atomic E-state index is 6.65. The Labute approximate surface area is 151 Å². The Morgan fingerprint density at radius 2 is 1.92 bits per heavy atom. The van der Waals surface area contributed by atoms with Gasteiger partial charge in [-0.25, -0.2) is 0 Å². The van der Waals surface area contributed by atoms with Crippen LogP contribution in [0, 0.1) is 18.3 Å². The molecule has 140 valence electrons. The molecule has 1 saturated carbocycles. The molecule has 0 spiro atoms. The van der Waals surface area contributed by atoms with Gasteiger partial charge >= 0.3 is 0 Å². The number of ether oxygens (including phenoxy) is 4. The third kappa shape index (κ3) is 3.32. The second-order valence-corrected chi connectivity index (χ2v) is 8.43. The zero-order valence-electron chi connectivity index (χ0n) is 16.5. The molecule has 1 aliphatic heterocycles. The number of fused-ring (bicyclic) bond motifs is 2. The van der Waals surface area contributed by atoms with E-state index in [0.717, 1.165) is 25.0 Å². The molecule has 3 rings (SSSR count). The minimum Gasteiger partial charge on any atom is -0.487 e. The highest BCUT2D eigenvalue weighted by atomic mass is 16.7. The molecule has 0 bridgehead atoms. The first-order chi connectivity index (χ1) is 11.8. The lowest BCUT2D eigenvalue weighted by Crippen LogP contribution is -2.59. The Morgan fingerprint density at radius 3 is 2.60 bits per heavy atom. The van der Waals surface area contributed by atoms with Crippen LogP contribution in [-0.4, -0.2) is 32.7 Å². The van der Waals surface area contributed by atoms with Gasteiger partial charge in [0.05, 0.1) is 12.7 Å². The molecule has 1 fully saturated rings. The summed E-state index contributed by atoms with van der Waals surface area (Å²) in [4.78, 5) is 0. The van der Waals surface area contributed by atoms with Crippen LogP contribution in [0.25, 0.3) is 0 Å². The molecule has 25 heavy (non-hydrogen) atoms. The van der Waals surface area contributed by atoms with Gasteiger partial charge in [-0.2, -0.15) is 0 Å². The van der Waals surface area contributed by atoms with Crippen molar-refractivity contribution in [2.45, 2.75) is 65.3 Å². The van der Waals surface area contributed by atoms with Crippen molar-refractivity contribution in [3.8, 4) is 5.75 Å². The van der Waals surface area contributed by atoms with E-state index < -0.39 is 0 Å². The van der Waals surface area contributed by atoms with Crippen molar-refractivity contribution in [2.75, 3.05) is 21.0 Å². The molecule has 1 aliphatic carbocycles. The topological polar surface area (TPSA) is 36.9 Å². The quantitative estimate of drug-likeness (QED) is 0.745. The first-order valence-electron chi connectivity index (χ1n) is 9.22. The highest BCUT2D eigenvalue weighted by Gasteiger charge is 2.55. The van der Waals surface area contributed by atoms with Gasteiger partial charge in [0, 0.05) is 20.1 Å². The Balaban J connectivity index is 1.94. The van der Waals surface area contributed by atoms with Gasteiger partial charge in [-0.1, -0.05) is 19.9 Å². The number of methoxy groups -OCH3 is 2. The van der Waals surface area contributed by atoms with Crippen molar-refractivity contribution in [3.05, 3.63) is 28.8 Å². The van der Waals surface area contributed by atoms with Gasteiger partial charge in [-0.05, 0) is 61.3 Å². The third-order valence-electron chi connectivity index (χ3n) is 6.24. The summed E-state index contributed by atoms with van der Waals surface area (Å²) < 4.78 is 23.1. The van der Waals surface area contributed by atoms with Gasteiger partial charge in [0.15, 0.2) is 0 Å². The second kappa shape index (κ2) is 6.90. The standard InChI is InChI=1S/C21H32O4/c1-14-9-15(12-22-5)10-16-11-17-20(2,3)18(24-13-23-6)7-8-21(17,4)25-19(14)16/h9-10,17-18H,7-8,11-13H2,1-6H3/t17-,18-,21-/m1/s1. The fourth-order valence-electron chi connectivity index (χ4n) is 4.95. The monoisotopic (exact) mass is 348 g/mol. The largest absolute Gasteiger partial charge is 0.487 e. The van der Waals surface area contributed by atoms with Gasteiger partial charge < -0.3 is 18.9 Å². The van der Waals surface area contributed by atoms with E-state index in [-0.39, 0.29) is 17.1 Å². The molecular formula is C21H32O4. The van der Waals surface area contributed by atoms with Gasteiger partial charge in [-0.3, -0.25) is 0 Å². The van der Waals surface area contributed by atoms with Crippen molar-refractivity contribution >= 4 is 0 Å². The van der Waals surface area contributed by atoms with Crippen LogP contribution in [0.2, 0.25) is 0 Å². The van der Waals surface area contributed by atoms with Gasteiger partial charge in [-0.15, -0.1) is 0 Å². The molecule has 1 aromatic rings. The maximum absolute atomic E-state index is 6.65. The molecule has 2 aliphatic rings. The Kier molecular flexibility index (Phi) is 5.16. The average Bonchev–Trinajstić information content (AvgIpc) is 2.54. The van der Waals surface area contributed by atoms with Crippen LogP contribution in [0.3, 0.4) is 0 Å². The van der Waals surface area contributed by atoms with Crippen molar-refractivity contribution < 1.29 is 18.9 Å². The van der Waals surface area contributed by atoms with Crippen LogP contribution < -0.4 is 4.74 Å². The maximum Gasteiger partial charge on any atom is 0.146 e. The van der Waals surface area contributed by atoms with Crippen LogP contribution in [0.1, 0.15) is 50.3 Å². The summed E-state index contributed by atoms with van der Waals surface area (Å²) in [5.41, 5.74) is 3.60. The summed E-state index contributed by atoms with van der Waals surface area (Å²) in [5, 5.41) is 0. The lowest BCUT2D eigenvalue weighted by molar-refractivity contribution is -0.185. The summed E-state index contributed by atoms with van der Waals surface area (Å²) in [6.07, 6.45) is 3.22. The van der Waals surface area contributed by atoms with Crippen LogP contribution in [0.4, 0.5) is 0 Å². The molecule has 0 radical (unpaired) electrons. The molecule has 0 unspecified atom stereocenters. The lowest BCUT2D eigenvalue weighted by atomic mass is 9.57. The van der Waals surface area contributed by atoms with E-state index in [1.807, 2.05) is 0 Å². The summed E-state index contributed by atoms with van der Waals surface area (Å²) in [6, 6.07) is 4.44. The fraction of sp³-hybridized carbons (Fsp3) is 0.714. The number of hydrogen-bond donors (Lipinski definition) is 0. The minimum absolute atomic E-state index is 0.0222. The van der Waals surface area contributed by atoms with Crippen molar-refractivity contribution in [3.63, 3.8) is 0 Å². The molecule has 0 saturated heterocycles. The predicted molar refractivity (Wildman–Crippen MR) is 97.9 cm³/mol. The Bertz CT molecular complexity index is 625. The van der Waals surface area contributed by atoms with Crippen molar-refractivity contribution in [1.82, 2.24) is 0 Å². The fourth-order valence-corrected chi connectivity index (χ4v) is 4.95. The van der Waals surface area contributed by atoms with Crippen LogP contribution in [0.15, 0.2) is 12.1 Å². The third-order valence-corrected chi connectivity index (χ3v) is 6.24. The van der Waals surface area contributed by atoms with E-state index >= 15 is 0 Å². The summed E-state index contributed by atoms with van der Waals surface area (Å²) in [7, 11) is 3.42. The highest BCUT2D eigenvalue weighted by Crippen LogP contribution is 2.54. The lowest BCUT2D eigenvalue weighted by Gasteiger charge is -2.56. The molecule has 0 N–H and O–H groups in total. The summed E-state index contributed by atoms with van der Waals surface area (Å²) in [5.74, 6) is 1.48. The van der Waals surface area contributed by atoms with Crippen LogP contribution >= 0.6 is 0 Å². The second-order valence-electron chi connectivity index (χ2n) is 8.43. The summed E-state index contributed by atoms with van der Waals surface area (Å²) >= 11 is 0. The summed E-state index contributed by atoms with van der Waals surface area (Å²) in [6.45, 7) is 10.0. The molecule has 4 nitrogen and oxygen atoms in total. The zero-order chi connectivity index (χ0) is 18.2. The molecule has 0 aromatic heterocycles. The number of aryl methyl sites for hydroxylation is 1. The molecule has 1 aromatic carbocycles. The van der Waals surface area contributed by atoms with Gasteiger partial charge in [0.2, 0.25) is 0 Å². The number of benzene rings is 1. The average molecular weight is 348 g/mol.